The molecule has 0 aliphatic heterocycles. The van der Waals surface area contributed by atoms with Crippen LogP contribution in [0.5, 0.6) is 0 Å². The highest BCUT2D eigenvalue weighted by Gasteiger charge is 2.18. The van der Waals surface area contributed by atoms with Crippen LogP contribution in [0.2, 0.25) is 0 Å². The Morgan fingerprint density at radius 1 is 0.893 bits per heavy atom. The molecule has 1 aromatic heterocycles. The molecule has 1 heterocycles. The van der Waals surface area contributed by atoms with Gasteiger partial charge in [-0.15, -0.1) is 0 Å². The standard InChI is InChI=1S/C23H26N4O/c1-4-27(17-20-13-9-6-10-14-20)23-24-18(2)15-21(25-23)22(28)26(3)16-19-11-7-5-8-12-19/h5-15H,4,16-17H2,1-3H3. The Labute approximate surface area is 166 Å². The maximum absolute atomic E-state index is 12.9. The summed E-state index contributed by atoms with van der Waals surface area (Å²) in [4.78, 5) is 25.9. The van der Waals surface area contributed by atoms with Crippen LogP contribution < -0.4 is 4.90 Å². The van der Waals surface area contributed by atoms with Crippen LogP contribution in [-0.2, 0) is 13.1 Å². The summed E-state index contributed by atoms with van der Waals surface area (Å²) < 4.78 is 0. The molecule has 0 aliphatic rings. The minimum absolute atomic E-state index is 0.105. The highest BCUT2D eigenvalue weighted by atomic mass is 16.2. The lowest BCUT2D eigenvalue weighted by atomic mass is 10.2. The smallest absolute Gasteiger partial charge is 0.272 e. The van der Waals surface area contributed by atoms with Gasteiger partial charge in [-0.25, -0.2) is 9.97 Å². The lowest BCUT2D eigenvalue weighted by molar-refractivity contribution is 0.0779. The zero-order valence-corrected chi connectivity index (χ0v) is 16.7. The first kappa shape index (κ1) is 19.5. The fourth-order valence-corrected chi connectivity index (χ4v) is 3.06. The maximum Gasteiger partial charge on any atom is 0.272 e. The van der Waals surface area contributed by atoms with Crippen LogP contribution >= 0.6 is 0 Å². The van der Waals surface area contributed by atoms with Crippen LogP contribution in [0.1, 0.15) is 34.2 Å². The van der Waals surface area contributed by atoms with E-state index >= 15 is 0 Å². The van der Waals surface area contributed by atoms with Crippen molar-refractivity contribution < 1.29 is 4.79 Å². The molecule has 0 radical (unpaired) electrons. The summed E-state index contributed by atoms with van der Waals surface area (Å²) in [5.74, 6) is 0.481. The normalized spacial score (nSPS) is 10.5. The van der Waals surface area contributed by atoms with E-state index in [4.69, 9.17) is 0 Å². The third-order valence-electron chi connectivity index (χ3n) is 4.55. The van der Waals surface area contributed by atoms with Crippen LogP contribution in [0.15, 0.2) is 66.7 Å². The van der Waals surface area contributed by atoms with Crippen molar-refractivity contribution in [3.63, 3.8) is 0 Å². The fraction of sp³-hybridized carbons (Fsp3) is 0.261. The monoisotopic (exact) mass is 374 g/mol. The molecule has 1 amide bonds. The molecule has 0 saturated carbocycles. The summed E-state index contributed by atoms with van der Waals surface area (Å²) in [5, 5.41) is 0. The Morgan fingerprint density at radius 2 is 1.46 bits per heavy atom. The quantitative estimate of drug-likeness (QED) is 0.625. The van der Waals surface area contributed by atoms with Gasteiger partial charge in [0, 0.05) is 32.4 Å². The summed E-state index contributed by atoms with van der Waals surface area (Å²) in [6, 6.07) is 21.9. The van der Waals surface area contributed by atoms with E-state index in [0.29, 0.717) is 24.7 Å². The number of carbonyl (C=O) groups is 1. The van der Waals surface area contributed by atoms with Crippen LogP contribution in [-0.4, -0.2) is 34.4 Å². The summed E-state index contributed by atoms with van der Waals surface area (Å²) in [7, 11) is 1.80. The van der Waals surface area contributed by atoms with E-state index in [-0.39, 0.29) is 5.91 Å². The van der Waals surface area contributed by atoms with Gasteiger partial charge in [0.2, 0.25) is 5.95 Å². The SMILES string of the molecule is CCN(Cc1ccccc1)c1nc(C)cc(C(=O)N(C)Cc2ccccc2)n1. The van der Waals surface area contributed by atoms with Gasteiger partial charge in [-0.2, -0.15) is 0 Å². The van der Waals surface area contributed by atoms with E-state index in [1.807, 2.05) is 55.5 Å². The average molecular weight is 374 g/mol. The molecule has 0 fully saturated rings. The average Bonchev–Trinajstić information content (AvgIpc) is 2.72. The molecule has 28 heavy (non-hydrogen) atoms. The van der Waals surface area contributed by atoms with Gasteiger partial charge in [0.1, 0.15) is 5.69 Å². The third kappa shape index (κ3) is 4.94. The molecule has 0 unspecified atom stereocenters. The van der Waals surface area contributed by atoms with Crippen molar-refractivity contribution in [2.24, 2.45) is 0 Å². The van der Waals surface area contributed by atoms with Crippen molar-refractivity contribution in [1.29, 1.82) is 0 Å². The van der Waals surface area contributed by atoms with Gasteiger partial charge in [-0.1, -0.05) is 60.7 Å². The van der Waals surface area contributed by atoms with E-state index in [9.17, 15) is 4.79 Å². The lowest BCUT2D eigenvalue weighted by Gasteiger charge is -2.23. The highest BCUT2D eigenvalue weighted by Crippen LogP contribution is 2.16. The topological polar surface area (TPSA) is 49.3 Å². The number of hydrogen-bond acceptors (Lipinski definition) is 4. The van der Waals surface area contributed by atoms with Gasteiger partial charge in [0.15, 0.2) is 0 Å². The number of amides is 1. The molecule has 0 atom stereocenters. The Kier molecular flexibility index (Phi) is 6.37. The molecule has 0 N–H and O–H groups in total. The maximum atomic E-state index is 12.9. The Balaban J connectivity index is 1.80. The number of carbonyl (C=O) groups excluding carboxylic acids is 1. The molecular weight excluding hydrogens is 348 g/mol. The molecule has 3 aromatic rings. The van der Waals surface area contributed by atoms with Crippen molar-refractivity contribution in [1.82, 2.24) is 14.9 Å². The molecule has 2 aromatic carbocycles. The summed E-state index contributed by atoms with van der Waals surface area (Å²) in [6.45, 7) is 5.97. The molecule has 0 bridgehead atoms. The number of anilines is 1. The van der Waals surface area contributed by atoms with Crippen molar-refractivity contribution in [2.75, 3.05) is 18.5 Å². The van der Waals surface area contributed by atoms with Crippen molar-refractivity contribution in [2.45, 2.75) is 26.9 Å². The van der Waals surface area contributed by atoms with Crippen molar-refractivity contribution in [3.05, 3.63) is 89.2 Å². The van der Waals surface area contributed by atoms with Gasteiger partial charge >= 0.3 is 0 Å². The Hall–Kier alpha value is -3.21. The Bertz CT molecular complexity index is 912. The molecule has 5 nitrogen and oxygen atoms in total. The summed E-state index contributed by atoms with van der Waals surface area (Å²) >= 11 is 0. The fourth-order valence-electron chi connectivity index (χ4n) is 3.06. The number of hydrogen-bond donors (Lipinski definition) is 0. The molecule has 0 saturated heterocycles. The van der Waals surface area contributed by atoms with Gasteiger partial charge in [-0.3, -0.25) is 4.79 Å². The Morgan fingerprint density at radius 3 is 2.04 bits per heavy atom. The van der Waals surface area contributed by atoms with Crippen molar-refractivity contribution >= 4 is 11.9 Å². The molecule has 0 spiro atoms. The van der Waals surface area contributed by atoms with Gasteiger partial charge in [0.05, 0.1) is 0 Å². The molecule has 0 aliphatic carbocycles. The van der Waals surface area contributed by atoms with Gasteiger partial charge in [-0.05, 0) is 31.0 Å². The van der Waals surface area contributed by atoms with E-state index < -0.39 is 0 Å². The molecule has 5 heteroatoms. The number of benzene rings is 2. The number of nitrogens with zero attached hydrogens (tertiary/aromatic N) is 4. The second kappa shape index (κ2) is 9.13. The third-order valence-corrected chi connectivity index (χ3v) is 4.55. The van der Waals surface area contributed by atoms with E-state index in [2.05, 4.69) is 33.9 Å². The van der Waals surface area contributed by atoms with E-state index in [1.165, 1.54) is 5.56 Å². The first-order valence-electron chi connectivity index (χ1n) is 9.50. The molecule has 3 rings (SSSR count). The molecular formula is C23H26N4O. The first-order chi connectivity index (χ1) is 13.6. The number of rotatable bonds is 7. The predicted molar refractivity (Wildman–Crippen MR) is 112 cm³/mol. The van der Waals surface area contributed by atoms with Crippen LogP contribution in [0.4, 0.5) is 5.95 Å². The summed E-state index contributed by atoms with van der Waals surface area (Å²) in [6.07, 6.45) is 0. The van der Waals surface area contributed by atoms with Crippen molar-refractivity contribution in [3.8, 4) is 0 Å². The zero-order chi connectivity index (χ0) is 19.9. The van der Waals surface area contributed by atoms with E-state index in [0.717, 1.165) is 17.8 Å². The predicted octanol–water partition coefficient (Wildman–Crippen LogP) is 4.08. The summed E-state index contributed by atoms with van der Waals surface area (Å²) in [5.41, 5.74) is 3.48. The second-order valence-corrected chi connectivity index (χ2v) is 6.84. The lowest BCUT2D eigenvalue weighted by Crippen LogP contribution is -2.29. The largest absolute Gasteiger partial charge is 0.337 e. The van der Waals surface area contributed by atoms with Gasteiger partial charge < -0.3 is 9.80 Å². The number of aryl methyl sites for hydroxylation is 1. The minimum atomic E-state index is -0.105. The molecule has 144 valence electrons. The van der Waals surface area contributed by atoms with Crippen LogP contribution in [0.3, 0.4) is 0 Å². The van der Waals surface area contributed by atoms with E-state index in [1.54, 1.807) is 18.0 Å². The van der Waals surface area contributed by atoms with Crippen LogP contribution in [0, 0.1) is 6.92 Å². The van der Waals surface area contributed by atoms with Gasteiger partial charge in [0.25, 0.3) is 5.91 Å². The second-order valence-electron chi connectivity index (χ2n) is 6.84. The first-order valence-corrected chi connectivity index (χ1v) is 9.50. The zero-order valence-electron chi connectivity index (χ0n) is 16.7. The van der Waals surface area contributed by atoms with Crippen LogP contribution in [0.25, 0.3) is 0 Å². The highest BCUT2D eigenvalue weighted by molar-refractivity contribution is 5.92. The minimum Gasteiger partial charge on any atom is -0.337 e. The number of aromatic nitrogens is 2.